The molecule has 0 bridgehead atoms. The first kappa shape index (κ1) is 15.7. The van der Waals surface area contributed by atoms with Crippen molar-refractivity contribution in [2.75, 3.05) is 18.0 Å². The lowest BCUT2D eigenvalue weighted by atomic mass is 9.93. The lowest BCUT2D eigenvalue weighted by molar-refractivity contribution is 0.577. The summed E-state index contributed by atoms with van der Waals surface area (Å²) in [7, 11) is 0. The normalized spacial score (nSPS) is 18.3. The van der Waals surface area contributed by atoms with Crippen molar-refractivity contribution in [3.63, 3.8) is 0 Å². The van der Waals surface area contributed by atoms with Crippen LogP contribution in [-0.4, -0.2) is 13.1 Å². The number of piperidine rings is 1. The maximum atomic E-state index is 10.1. The summed E-state index contributed by atoms with van der Waals surface area (Å²) in [5.74, 6) is 0.253. The molecule has 3 aromatic rings. The topological polar surface area (TPSA) is 27.0 Å². The molecule has 0 N–H and O–H groups in total. The Kier molecular flexibility index (Phi) is 3.80. The van der Waals surface area contributed by atoms with Gasteiger partial charge in [0.1, 0.15) is 6.07 Å². The van der Waals surface area contributed by atoms with Crippen molar-refractivity contribution in [2.24, 2.45) is 0 Å². The molecule has 2 aromatic carbocycles. The Balaban J connectivity index is 1.74. The van der Waals surface area contributed by atoms with Crippen LogP contribution < -0.4 is 4.90 Å². The van der Waals surface area contributed by atoms with Gasteiger partial charge in [-0.15, -0.1) is 11.3 Å². The molecule has 0 amide bonds. The van der Waals surface area contributed by atoms with E-state index in [4.69, 9.17) is 0 Å². The summed E-state index contributed by atoms with van der Waals surface area (Å²) in [6.45, 7) is 2.12. The monoisotopic (exact) mass is 356 g/mol. The van der Waals surface area contributed by atoms with Crippen LogP contribution >= 0.6 is 11.3 Å². The molecule has 1 saturated heterocycles. The number of thiophene rings is 1. The SMILES string of the molecule is N#Cc1c(N2CCCCC2)ccc2c1-c1ccccc1C2c1cccs1. The Morgan fingerprint density at radius 2 is 1.77 bits per heavy atom. The summed E-state index contributed by atoms with van der Waals surface area (Å²) < 4.78 is 0. The van der Waals surface area contributed by atoms with Crippen LogP contribution in [-0.2, 0) is 0 Å². The zero-order chi connectivity index (χ0) is 17.5. The zero-order valence-corrected chi connectivity index (χ0v) is 15.4. The quantitative estimate of drug-likeness (QED) is 0.456. The van der Waals surface area contributed by atoms with Gasteiger partial charge < -0.3 is 4.90 Å². The van der Waals surface area contributed by atoms with Crippen LogP contribution in [0.15, 0.2) is 53.9 Å². The van der Waals surface area contributed by atoms with E-state index in [0.29, 0.717) is 0 Å². The smallest absolute Gasteiger partial charge is 0.102 e. The van der Waals surface area contributed by atoms with Gasteiger partial charge in [0, 0.05) is 29.4 Å². The van der Waals surface area contributed by atoms with E-state index in [1.54, 1.807) is 11.3 Å². The van der Waals surface area contributed by atoms with Crippen LogP contribution in [0.4, 0.5) is 5.69 Å². The second-order valence-electron chi connectivity index (χ2n) is 7.12. The Hall–Kier alpha value is -2.57. The average molecular weight is 356 g/mol. The molecule has 1 atom stereocenters. The molecule has 0 spiro atoms. The van der Waals surface area contributed by atoms with E-state index in [-0.39, 0.29) is 5.92 Å². The number of nitrogens with zero attached hydrogens (tertiary/aromatic N) is 2. The molecule has 2 aliphatic rings. The molecule has 1 aromatic heterocycles. The third-order valence-electron chi connectivity index (χ3n) is 5.70. The highest BCUT2D eigenvalue weighted by Crippen LogP contribution is 2.51. The third-order valence-corrected chi connectivity index (χ3v) is 6.64. The summed E-state index contributed by atoms with van der Waals surface area (Å²) in [6, 6.07) is 20.0. The molecule has 1 unspecified atom stereocenters. The second-order valence-corrected chi connectivity index (χ2v) is 8.10. The fraction of sp³-hybridized carbons (Fsp3) is 0.261. The molecule has 1 fully saturated rings. The first-order chi connectivity index (χ1) is 12.9. The van der Waals surface area contributed by atoms with Crippen LogP contribution in [0.25, 0.3) is 11.1 Å². The van der Waals surface area contributed by atoms with Gasteiger partial charge in [-0.2, -0.15) is 5.26 Å². The molecule has 0 radical (unpaired) electrons. The Morgan fingerprint density at radius 3 is 2.54 bits per heavy atom. The standard InChI is InChI=1S/C23H20N2S/c24-15-19-20(25-12-4-1-5-13-25)11-10-18-22(19)16-7-2-3-8-17(16)23(18)21-9-6-14-26-21/h2-3,6-11,14,23H,1,4-5,12-13H2. The molecule has 2 nitrogen and oxygen atoms in total. The van der Waals surface area contributed by atoms with E-state index in [1.807, 2.05) is 0 Å². The molecule has 0 saturated carbocycles. The maximum absolute atomic E-state index is 10.1. The zero-order valence-electron chi connectivity index (χ0n) is 14.6. The highest BCUT2D eigenvalue weighted by atomic mass is 32.1. The van der Waals surface area contributed by atoms with Gasteiger partial charge in [-0.1, -0.05) is 36.4 Å². The molecule has 2 heterocycles. The third kappa shape index (κ3) is 2.29. The Morgan fingerprint density at radius 1 is 0.923 bits per heavy atom. The molecular weight excluding hydrogens is 336 g/mol. The minimum Gasteiger partial charge on any atom is -0.370 e. The number of hydrogen-bond donors (Lipinski definition) is 0. The lowest BCUT2D eigenvalue weighted by Crippen LogP contribution is -2.30. The summed E-state index contributed by atoms with van der Waals surface area (Å²) in [5.41, 5.74) is 6.98. The van der Waals surface area contributed by atoms with Crippen LogP contribution in [0.5, 0.6) is 0 Å². The van der Waals surface area contributed by atoms with Gasteiger partial charge in [-0.3, -0.25) is 0 Å². The summed E-state index contributed by atoms with van der Waals surface area (Å²) in [6.07, 6.45) is 3.74. The predicted octanol–water partition coefficient (Wildman–Crippen LogP) is 5.77. The molecular formula is C23H20N2S. The summed E-state index contributed by atoms with van der Waals surface area (Å²) >= 11 is 1.80. The van der Waals surface area contributed by atoms with Gasteiger partial charge in [0.25, 0.3) is 0 Å². The largest absolute Gasteiger partial charge is 0.370 e. The number of anilines is 1. The van der Waals surface area contributed by atoms with Gasteiger partial charge in [0.2, 0.25) is 0 Å². The van der Waals surface area contributed by atoms with Crippen molar-refractivity contribution in [2.45, 2.75) is 25.2 Å². The fourth-order valence-corrected chi connectivity index (χ4v) is 5.42. The Bertz CT molecular complexity index is 992. The number of benzene rings is 2. The minimum absolute atomic E-state index is 0.253. The average Bonchev–Trinajstić information content (AvgIpc) is 3.33. The number of hydrogen-bond acceptors (Lipinski definition) is 3. The van der Waals surface area contributed by atoms with Gasteiger partial charge in [-0.25, -0.2) is 0 Å². The molecule has 26 heavy (non-hydrogen) atoms. The number of rotatable bonds is 2. The first-order valence-electron chi connectivity index (χ1n) is 9.33. The van der Waals surface area contributed by atoms with Crippen LogP contribution in [0.3, 0.4) is 0 Å². The van der Waals surface area contributed by atoms with Crippen molar-refractivity contribution in [1.82, 2.24) is 0 Å². The highest BCUT2D eigenvalue weighted by Gasteiger charge is 2.33. The van der Waals surface area contributed by atoms with Crippen LogP contribution in [0, 0.1) is 11.3 Å². The van der Waals surface area contributed by atoms with Gasteiger partial charge >= 0.3 is 0 Å². The van der Waals surface area contributed by atoms with Crippen LogP contribution in [0.1, 0.15) is 46.7 Å². The van der Waals surface area contributed by atoms with Gasteiger partial charge in [0.15, 0.2) is 0 Å². The molecule has 1 aliphatic carbocycles. The van der Waals surface area contributed by atoms with Gasteiger partial charge in [0.05, 0.1) is 11.3 Å². The van der Waals surface area contributed by atoms with E-state index < -0.39 is 0 Å². The van der Waals surface area contributed by atoms with Crippen molar-refractivity contribution < 1.29 is 0 Å². The second kappa shape index (κ2) is 6.30. The predicted molar refractivity (Wildman–Crippen MR) is 108 cm³/mol. The van der Waals surface area contributed by atoms with Crippen LogP contribution in [0.2, 0.25) is 0 Å². The summed E-state index contributed by atoms with van der Waals surface area (Å²) in [4.78, 5) is 3.76. The van der Waals surface area contributed by atoms with E-state index in [9.17, 15) is 5.26 Å². The van der Waals surface area contributed by atoms with Crippen molar-refractivity contribution >= 4 is 17.0 Å². The van der Waals surface area contributed by atoms with Crippen molar-refractivity contribution in [3.05, 3.63) is 75.5 Å². The number of fused-ring (bicyclic) bond motifs is 3. The highest BCUT2D eigenvalue weighted by molar-refractivity contribution is 7.10. The van der Waals surface area contributed by atoms with Gasteiger partial charge in [-0.05, 0) is 53.5 Å². The number of nitriles is 1. The van der Waals surface area contributed by atoms with E-state index in [0.717, 1.165) is 29.9 Å². The Labute approximate surface area is 158 Å². The first-order valence-corrected chi connectivity index (χ1v) is 10.2. The van der Waals surface area contributed by atoms with E-state index in [1.165, 1.54) is 40.8 Å². The molecule has 3 heteroatoms. The fourth-order valence-electron chi connectivity index (χ4n) is 4.56. The summed E-state index contributed by atoms with van der Waals surface area (Å²) in [5, 5.41) is 12.2. The van der Waals surface area contributed by atoms with Crippen molar-refractivity contribution in [1.29, 1.82) is 5.26 Å². The molecule has 1 aliphatic heterocycles. The van der Waals surface area contributed by atoms with E-state index >= 15 is 0 Å². The maximum Gasteiger partial charge on any atom is 0.102 e. The lowest BCUT2D eigenvalue weighted by Gasteiger charge is -2.30. The van der Waals surface area contributed by atoms with Crippen molar-refractivity contribution in [3.8, 4) is 17.2 Å². The minimum atomic E-state index is 0.253. The van der Waals surface area contributed by atoms with E-state index in [2.05, 4.69) is 64.9 Å². The molecule has 128 valence electrons. The molecule has 5 rings (SSSR count).